The number of carbonyl (C=O) groups excluding carboxylic acids is 1. The largest absolute Gasteiger partial charge is 0.497 e. The Hall–Kier alpha value is -2.80. The van der Waals surface area contributed by atoms with Crippen LogP contribution in [0, 0.1) is 0 Å². The van der Waals surface area contributed by atoms with Crippen LogP contribution in [0.2, 0.25) is 0 Å². The Bertz CT molecular complexity index is 759. The molecule has 1 aromatic carbocycles. The van der Waals surface area contributed by atoms with Crippen molar-refractivity contribution in [1.82, 2.24) is 10.3 Å². The zero-order valence-corrected chi connectivity index (χ0v) is 16.6. The van der Waals surface area contributed by atoms with Crippen molar-refractivity contribution in [2.45, 2.75) is 6.42 Å². The molecule has 0 radical (unpaired) electrons. The van der Waals surface area contributed by atoms with Crippen molar-refractivity contribution in [1.29, 1.82) is 0 Å². The molecular formula is C21H28N4O3. The Labute approximate surface area is 166 Å². The molecule has 0 aliphatic carbocycles. The van der Waals surface area contributed by atoms with Gasteiger partial charge in [-0.25, -0.2) is 0 Å². The smallest absolute Gasteiger partial charge is 0.269 e. The van der Waals surface area contributed by atoms with Crippen LogP contribution in [-0.4, -0.2) is 64.4 Å². The number of hydrogen-bond donors (Lipinski definition) is 1. The van der Waals surface area contributed by atoms with Gasteiger partial charge < -0.3 is 24.6 Å². The van der Waals surface area contributed by atoms with Crippen LogP contribution in [-0.2, 0) is 4.74 Å². The second-order valence-corrected chi connectivity index (χ2v) is 6.67. The topological polar surface area (TPSA) is 66.9 Å². The number of aromatic nitrogens is 1. The summed E-state index contributed by atoms with van der Waals surface area (Å²) in [5.74, 6) is 0.724. The molecular weight excluding hydrogens is 356 g/mol. The lowest BCUT2D eigenvalue weighted by atomic mass is 10.2. The Kier molecular flexibility index (Phi) is 7.08. The van der Waals surface area contributed by atoms with E-state index < -0.39 is 0 Å². The first-order chi connectivity index (χ1) is 13.7. The maximum absolute atomic E-state index is 12.3. The highest BCUT2D eigenvalue weighted by atomic mass is 16.5. The standard InChI is InChI=1S/C21H28N4O3/c1-27-15-3-9-23-21(26)20-16-18(8-10-22-20)25-13-11-24(12-14-25)17-4-6-19(28-2)7-5-17/h4-8,10,16H,3,9,11-15H2,1-2H3,(H,23,26). The lowest BCUT2D eigenvalue weighted by molar-refractivity contribution is 0.0943. The Morgan fingerprint density at radius 3 is 2.36 bits per heavy atom. The molecule has 150 valence electrons. The number of rotatable bonds is 8. The third-order valence-electron chi connectivity index (χ3n) is 4.87. The van der Waals surface area contributed by atoms with Crippen molar-refractivity contribution in [3.8, 4) is 5.75 Å². The molecule has 2 heterocycles. The Balaban J connectivity index is 1.55. The second-order valence-electron chi connectivity index (χ2n) is 6.67. The van der Waals surface area contributed by atoms with Gasteiger partial charge in [0.05, 0.1) is 7.11 Å². The molecule has 2 aromatic rings. The molecule has 1 aliphatic rings. The number of nitrogens with one attached hydrogen (secondary N) is 1. The number of ether oxygens (including phenoxy) is 2. The highest BCUT2D eigenvalue weighted by Gasteiger charge is 2.19. The van der Waals surface area contributed by atoms with Gasteiger partial charge in [0.2, 0.25) is 0 Å². The molecule has 1 N–H and O–H groups in total. The second kappa shape index (κ2) is 9.94. The van der Waals surface area contributed by atoms with E-state index in [1.54, 1.807) is 20.4 Å². The normalized spacial score (nSPS) is 14.1. The van der Waals surface area contributed by atoms with E-state index in [1.165, 1.54) is 5.69 Å². The van der Waals surface area contributed by atoms with Gasteiger partial charge in [-0.15, -0.1) is 0 Å². The molecule has 7 heteroatoms. The number of carbonyl (C=O) groups is 1. The number of amides is 1. The number of nitrogens with zero attached hydrogens (tertiary/aromatic N) is 3. The van der Waals surface area contributed by atoms with E-state index in [1.807, 2.05) is 24.3 Å². The van der Waals surface area contributed by atoms with E-state index in [4.69, 9.17) is 9.47 Å². The summed E-state index contributed by atoms with van der Waals surface area (Å²) >= 11 is 0. The third-order valence-corrected chi connectivity index (χ3v) is 4.87. The average molecular weight is 384 g/mol. The Morgan fingerprint density at radius 1 is 1.04 bits per heavy atom. The van der Waals surface area contributed by atoms with E-state index in [2.05, 4.69) is 32.2 Å². The molecule has 1 fully saturated rings. The van der Waals surface area contributed by atoms with Crippen molar-refractivity contribution in [3.05, 3.63) is 48.3 Å². The van der Waals surface area contributed by atoms with Crippen molar-refractivity contribution < 1.29 is 14.3 Å². The highest BCUT2D eigenvalue weighted by molar-refractivity contribution is 5.93. The first kappa shape index (κ1) is 19.9. The van der Waals surface area contributed by atoms with Gasteiger partial charge in [0.15, 0.2) is 0 Å². The van der Waals surface area contributed by atoms with Gasteiger partial charge in [-0.05, 0) is 42.8 Å². The van der Waals surface area contributed by atoms with Crippen LogP contribution in [0.15, 0.2) is 42.6 Å². The zero-order chi connectivity index (χ0) is 19.8. The third kappa shape index (κ3) is 5.13. The fraction of sp³-hybridized carbons (Fsp3) is 0.429. The van der Waals surface area contributed by atoms with Crippen molar-refractivity contribution in [3.63, 3.8) is 0 Å². The number of piperazine rings is 1. The van der Waals surface area contributed by atoms with E-state index in [0.29, 0.717) is 18.8 Å². The predicted molar refractivity (Wildman–Crippen MR) is 110 cm³/mol. The average Bonchev–Trinajstić information content (AvgIpc) is 2.77. The van der Waals surface area contributed by atoms with Gasteiger partial charge in [0, 0.05) is 64.0 Å². The lowest BCUT2D eigenvalue weighted by Crippen LogP contribution is -2.46. The monoisotopic (exact) mass is 384 g/mol. The predicted octanol–water partition coefficient (Wildman–Crippen LogP) is 2.18. The summed E-state index contributed by atoms with van der Waals surface area (Å²) in [5.41, 5.74) is 2.69. The van der Waals surface area contributed by atoms with Gasteiger partial charge >= 0.3 is 0 Å². The molecule has 0 bridgehead atoms. The van der Waals surface area contributed by atoms with Crippen molar-refractivity contribution in [2.75, 3.05) is 63.4 Å². The summed E-state index contributed by atoms with van der Waals surface area (Å²) in [6.45, 7) is 4.85. The number of benzene rings is 1. The van der Waals surface area contributed by atoms with Gasteiger partial charge in [0.25, 0.3) is 5.91 Å². The maximum atomic E-state index is 12.3. The zero-order valence-electron chi connectivity index (χ0n) is 16.6. The van der Waals surface area contributed by atoms with Crippen LogP contribution in [0.5, 0.6) is 5.75 Å². The fourth-order valence-corrected chi connectivity index (χ4v) is 3.27. The minimum absolute atomic E-state index is 0.144. The van der Waals surface area contributed by atoms with Crippen molar-refractivity contribution >= 4 is 17.3 Å². The van der Waals surface area contributed by atoms with E-state index in [0.717, 1.165) is 44.0 Å². The summed E-state index contributed by atoms with van der Waals surface area (Å²) in [6.07, 6.45) is 2.49. The van der Waals surface area contributed by atoms with Gasteiger partial charge in [-0.3, -0.25) is 9.78 Å². The summed E-state index contributed by atoms with van der Waals surface area (Å²) in [7, 11) is 3.33. The molecule has 0 spiro atoms. The van der Waals surface area contributed by atoms with E-state index >= 15 is 0 Å². The van der Waals surface area contributed by atoms with Gasteiger partial charge in [-0.2, -0.15) is 0 Å². The Morgan fingerprint density at radius 2 is 1.71 bits per heavy atom. The number of methoxy groups -OCH3 is 2. The molecule has 1 aromatic heterocycles. The molecule has 0 unspecified atom stereocenters. The van der Waals surface area contributed by atoms with Crippen LogP contribution >= 0.6 is 0 Å². The molecule has 1 aliphatic heterocycles. The molecule has 1 amide bonds. The van der Waals surface area contributed by atoms with Crippen LogP contribution in [0.1, 0.15) is 16.9 Å². The summed E-state index contributed by atoms with van der Waals surface area (Å²) in [4.78, 5) is 21.2. The molecule has 3 rings (SSSR count). The van der Waals surface area contributed by atoms with E-state index in [-0.39, 0.29) is 5.91 Å². The molecule has 0 saturated carbocycles. The molecule has 1 saturated heterocycles. The summed E-state index contributed by atoms with van der Waals surface area (Å²) < 4.78 is 10.2. The van der Waals surface area contributed by atoms with Gasteiger partial charge in [-0.1, -0.05) is 0 Å². The minimum atomic E-state index is -0.144. The molecule has 0 atom stereocenters. The first-order valence-corrected chi connectivity index (χ1v) is 9.58. The SMILES string of the molecule is COCCCNC(=O)c1cc(N2CCN(c3ccc(OC)cc3)CC2)ccn1. The fourth-order valence-electron chi connectivity index (χ4n) is 3.27. The van der Waals surface area contributed by atoms with Crippen molar-refractivity contribution in [2.24, 2.45) is 0 Å². The lowest BCUT2D eigenvalue weighted by Gasteiger charge is -2.37. The van der Waals surface area contributed by atoms with Crippen LogP contribution in [0.3, 0.4) is 0 Å². The number of hydrogen-bond acceptors (Lipinski definition) is 6. The number of anilines is 2. The quantitative estimate of drug-likeness (QED) is 0.704. The van der Waals surface area contributed by atoms with Crippen LogP contribution in [0.4, 0.5) is 11.4 Å². The summed E-state index contributed by atoms with van der Waals surface area (Å²) in [5, 5.41) is 2.88. The molecule has 7 nitrogen and oxygen atoms in total. The maximum Gasteiger partial charge on any atom is 0.269 e. The first-order valence-electron chi connectivity index (χ1n) is 9.58. The highest BCUT2D eigenvalue weighted by Crippen LogP contribution is 2.23. The van der Waals surface area contributed by atoms with Crippen LogP contribution < -0.4 is 19.9 Å². The number of pyridine rings is 1. The van der Waals surface area contributed by atoms with E-state index in [9.17, 15) is 4.79 Å². The molecule has 28 heavy (non-hydrogen) atoms. The minimum Gasteiger partial charge on any atom is -0.497 e. The van der Waals surface area contributed by atoms with Crippen LogP contribution in [0.25, 0.3) is 0 Å². The van der Waals surface area contributed by atoms with Gasteiger partial charge in [0.1, 0.15) is 11.4 Å². The summed E-state index contributed by atoms with van der Waals surface area (Å²) in [6, 6.07) is 12.0.